The van der Waals surface area contributed by atoms with Crippen LogP contribution in [0.4, 0.5) is 27.6 Å². The van der Waals surface area contributed by atoms with E-state index in [1.165, 1.54) is 30.5 Å². The lowest BCUT2D eigenvalue weighted by molar-refractivity contribution is 0.0240. The molecular weight excluding hydrogens is 417 g/mol. The highest BCUT2D eigenvalue weighted by molar-refractivity contribution is 5.81. The molecule has 0 bridgehead atoms. The molecule has 160 valence electrons. The van der Waals surface area contributed by atoms with Crippen molar-refractivity contribution in [3.05, 3.63) is 89.6 Å². The van der Waals surface area contributed by atoms with Crippen molar-refractivity contribution in [1.29, 1.82) is 0 Å². The van der Waals surface area contributed by atoms with Gasteiger partial charge >= 0.3 is 0 Å². The van der Waals surface area contributed by atoms with Crippen molar-refractivity contribution >= 4 is 16.6 Å². The number of hydrogen-bond donors (Lipinski definition) is 2. The molecule has 0 fully saturated rings. The van der Waals surface area contributed by atoms with Gasteiger partial charge in [-0.05, 0) is 42.0 Å². The SMILES string of the molecule is OC(CF)(CNc1c(F)cc(F)cc1F)c1ccc2c(cnn2-c2ccc(F)cc2)c1. The van der Waals surface area contributed by atoms with Crippen molar-refractivity contribution in [2.75, 3.05) is 18.5 Å². The first-order chi connectivity index (χ1) is 14.8. The number of nitrogens with zero attached hydrogens (tertiary/aromatic N) is 2. The number of rotatable bonds is 6. The predicted octanol–water partition coefficient (Wildman–Crippen LogP) is 4.85. The molecule has 4 rings (SSSR count). The molecule has 31 heavy (non-hydrogen) atoms. The van der Waals surface area contributed by atoms with Crippen molar-refractivity contribution in [3.8, 4) is 5.69 Å². The van der Waals surface area contributed by atoms with Gasteiger partial charge in [0.05, 0.1) is 23.9 Å². The van der Waals surface area contributed by atoms with Gasteiger partial charge in [0.15, 0.2) is 11.6 Å². The smallest absolute Gasteiger partial charge is 0.152 e. The lowest BCUT2D eigenvalue weighted by atomic mass is 9.94. The Morgan fingerprint density at radius 3 is 2.23 bits per heavy atom. The van der Waals surface area contributed by atoms with E-state index in [1.54, 1.807) is 22.9 Å². The standard InChI is InChI=1S/C22H16F5N3O/c23-11-22(31,12-28-21-18(26)8-16(25)9-19(21)27)14-1-6-20-13(7-14)10-29-30(20)17-4-2-15(24)3-5-17/h1-10,28,31H,11-12H2. The minimum Gasteiger partial charge on any atom is -0.381 e. The third kappa shape index (κ3) is 3.96. The number of aliphatic hydroxyl groups is 1. The van der Waals surface area contributed by atoms with Gasteiger partial charge in [0.25, 0.3) is 0 Å². The summed E-state index contributed by atoms with van der Waals surface area (Å²) in [5.74, 6) is -3.88. The normalized spacial score (nSPS) is 13.4. The number of benzene rings is 3. The van der Waals surface area contributed by atoms with Gasteiger partial charge in [-0.2, -0.15) is 5.10 Å². The second-order valence-electron chi connectivity index (χ2n) is 7.07. The third-order valence-electron chi connectivity index (χ3n) is 4.96. The van der Waals surface area contributed by atoms with E-state index in [0.29, 0.717) is 28.7 Å². The highest BCUT2D eigenvalue weighted by Gasteiger charge is 2.31. The molecule has 0 amide bonds. The summed E-state index contributed by atoms with van der Waals surface area (Å²) in [7, 11) is 0. The maximum Gasteiger partial charge on any atom is 0.152 e. The fourth-order valence-electron chi connectivity index (χ4n) is 3.28. The lowest BCUT2D eigenvalue weighted by Gasteiger charge is -2.26. The predicted molar refractivity (Wildman–Crippen MR) is 106 cm³/mol. The number of fused-ring (bicyclic) bond motifs is 1. The zero-order chi connectivity index (χ0) is 22.2. The first-order valence-electron chi connectivity index (χ1n) is 9.22. The second-order valence-corrected chi connectivity index (χ2v) is 7.07. The fraction of sp³-hybridized carbons (Fsp3) is 0.136. The van der Waals surface area contributed by atoms with Gasteiger partial charge in [-0.3, -0.25) is 0 Å². The average molecular weight is 433 g/mol. The van der Waals surface area contributed by atoms with Crippen molar-refractivity contribution < 1.29 is 27.1 Å². The monoisotopic (exact) mass is 433 g/mol. The third-order valence-corrected chi connectivity index (χ3v) is 4.96. The molecule has 0 radical (unpaired) electrons. The van der Waals surface area contributed by atoms with Gasteiger partial charge < -0.3 is 10.4 Å². The summed E-state index contributed by atoms with van der Waals surface area (Å²) in [6, 6.07) is 11.2. The topological polar surface area (TPSA) is 50.1 Å². The Balaban J connectivity index is 1.63. The minimum absolute atomic E-state index is 0.150. The van der Waals surface area contributed by atoms with Crippen LogP contribution >= 0.6 is 0 Å². The molecule has 4 aromatic rings. The molecule has 1 unspecified atom stereocenters. The molecule has 0 saturated carbocycles. The Morgan fingerprint density at radius 1 is 0.903 bits per heavy atom. The zero-order valence-corrected chi connectivity index (χ0v) is 15.9. The van der Waals surface area contributed by atoms with Crippen molar-refractivity contribution in [2.24, 2.45) is 0 Å². The van der Waals surface area contributed by atoms with Gasteiger partial charge in [-0.15, -0.1) is 0 Å². The number of aromatic nitrogens is 2. The molecule has 0 saturated heterocycles. The Morgan fingerprint density at radius 2 is 1.58 bits per heavy atom. The highest BCUT2D eigenvalue weighted by atomic mass is 19.2. The molecule has 1 aromatic heterocycles. The minimum atomic E-state index is -2.11. The molecule has 2 N–H and O–H groups in total. The highest BCUT2D eigenvalue weighted by Crippen LogP contribution is 2.29. The van der Waals surface area contributed by atoms with Gasteiger partial charge in [-0.1, -0.05) is 6.07 Å². The summed E-state index contributed by atoms with van der Waals surface area (Å²) in [6.45, 7) is -1.82. The Hall–Kier alpha value is -3.46. The molecule has 0 spiro atoms. The summed E-state index contributed by atoms with van der Waals surface area (Å²) in [5.41, 5.74) is -1.40. The van der Waals surface area contributed by atoms with E-state index in [2.05, 4.69) is 10.4 Å². The number of nitrogens with one attached hydrogen (secondary N) is 1. The van der Waals surface area contributed by atoms with Crippen LogP contribution in [0.3, 0.4) is 0 Å². The second kappa shape index (κ2) is 7.99. The van der Waals surface area contributed by atoms with Crippen LogP contribution in [0, 0.1) is 23.3 Å². The number of alkyl halides is 1. The average Bonchev–Trinajstić information content (AvgIpc) is 3.16. The summed E-state index contributed by atoms with van der Waals surface area (Å²) in [5, 5.41) is 17.9. The molecule has 1 atom stereocenters. The summed E-state index contributed by atoms with van der Waals surface area (Å²) in [6.07, 6.45) is 1.49. The maximum absolute atomic E-state index is 13.8. The van der Waals surface area contributed by atoms with Gasteiger partial charge in [0, 0.05) is 17.5 Å². The Kier molecular flexibility index (Phi) is 5.36. The number of hydrogen-bond acceptors (Lipinski definition) is 3. The fourth-order valence-corrected chi connectivity index (χ4v) is 3.28. The number of halogens is 5. The van der Waals surface area contributed by atoms with E-state index in [1.807, 2.05) is 0 Å². The molecule has 0 aliphatic rings. The van der Waals surface area contributed by atoms with Crippen molar-refractivity contribution in [2.45, 2.75) is 5.60 Å². The van der Waals surface area contributed by atoms with Crippen LogP contribution in [-0.2, 0) is 5.60 Å². The molecule has 3 aromatic carbocycles. The van der Waals surface area contributed by atoms with Gasteiger partial charge in [0.1, 0.15) is 29.6 Å². The maximum atomic E-state index is 13.8. The molecule has 1 heterocycles. The van der Waals surface area contributed by atoms with Crippen LogP contribution in [0.1, 0.15) is 5.56 Å². The molecule has 0 aliphatic carbocycles. The van der Waals surface area contributed by atoms with Crippen LogP contribution in [0.5, 0.6) is 0 Å². The van der Waals surface area contributed by atoms with E-state index in [0.717, 1.165) is 0 Å². The van der Waals surface area contributed by atoms with Crippen molar-refractivity contribution in [1.82, 2.24) is 9.78 Å². The largest absolute Gasteiger partial charge is 0.381 e. The summed E-state index contributed by atoms with van der Waals surface area (Å²) < 4.78 is 69.3. The van der Waals surface area contributed by atoms with Gasteiger partial charge in [-0.25, -0.2) is 26.6 Å². The van der Waals surface area contributed by atoms with Crippen LogP contribution < -0.4 is 5.32 Å². The summed E-state index contributed by atoms with van der Waals surface area (Å²) in [4.78, 5) is 0. The first kappa shape index (κ1) is 20.8. The van der Waals surface area contributed by atoms with E-state index in [-0.39, 0.29) is 5.56 Å². The van der Waals surface area contributed by atoms with Crippen LogP contribution in [0.15, 0.2) is 60.8 Å². The first-order valence-corrected chi connectivity index (χ1v) is 9.22. The van der Waals surface area contributed by atoms with E-state index >= 15 is 0 Å². The van der Waals surface area contributed by atoms with Crippen LogP contribution in [0.25, 0.3) is 16.6 Å². The zero-order valence-electron chi connectivity index (χ0n) is 15.9. The Labute approximate surface area is 173 Å². The molecule has 4 nitrogen and oxygen atoms in total. The van der Waals surface area contributed by atoms with E-state index in [4.69, 9.17) is 0 Å². The molecular formula is C22H16F5N3O. The quantitative estimate of drug-likeness (QED) is 0.428. The Bertz CT molecular complexity index is 1220. The molecule has 9 heteroatoms. The molecule has 0 aliphatic heterocycles. The van der Waals surface area contributed by atoms with Crippen molar-refractivity contribution in [3.63, 3.8) is 0 Å². The van der Waals surface area contributed by atoms with E-state index in [9.17, 15) is 27.1 Å². The van der Waals surface area contributed by atoms with Gasteiger partial charge in [0.2, 0.25) is 0 Å². The van der Waals surface area contributed by atoms with E-state index < -0.39 is 47.8 Å². The number of anilines is 1. The van der Waals surface area contributed by atoms with Crippen LogP contribution in [0.2, 0.25) is 0 Å². The van der Waals surface area contributed by atoms with Crippen LogP contribution in [-0.4, -0.2) is 28.1 Å². The lowest BCUT2D eigenvalue weighted by Crippen LogP contribution is -2.36. The summed E-state index contributed by atoms with van der Waals surface area (Å²) >= 11 is 0.